The van der Waals surface area contributed by atoms with Crippen molar-refractivity contribution in [2.45, 2.75) is 0 Å². The Morgan fingerprint density at radius 1 is 1.09 bits per heavy atom. The van der Waals surface area contributed by atoms with Crippen LogP contribution < -0.4 is 4.74 Å². The first kappa shape index (κ1) is 17.4. The van der Waals surface area contributed by atoms with Crippen LogP contribution in [0, 0.1) is 0 Å². The second kappa shape index (κ2) is 8.62. The maximum atomic E-state index is 12.3. The van der Waals surface area contributed by atoms with Gasteiger partial charge >= 0.3 is 0 Å². The molecule has 0 aromatic heterocycles. The Morgan fingerprint density at radius 2 is 1.65 bits per heavy atom. The zero-order valence-electron chi connectivity index (χ0n) is 12.8. The second-order valence-corrected chi connectivity index (χ2v) is 5.90. The van der Waals surface area contributed by atoms with Gasteiger partial charge in [-0.1, -0.05) is 22.0 Å². The van der Waals surface area contributed by atoms with Gasteiger partial charge < -0.3 is 9.94 Å². The average molecular weight is 376 g/mol. The van der Waals surface area contributed by atoms with Crippen molar-refractivity contribution in [3.05, 3.63) is 76.3 Å². The molecular weight excluding hydrogens is 358 g/mol. The van der Waals surface area contributed by atoms with Crippen LogP contribution in [0.2, 0.25) is 0 Å². The van der Waals surface area contributed by atoms with Crippen LogP contribution in [0.3, 0.4) is 0 Å². The van der Waals surface area contributed by atoms with Crippen LogP contribution >= 0.6 is 15.9 Å². The van der Waals surface area contributed by atoms with E-state index < -0.39 is 0 Å². The topological polar surface area (TPSA) is 49.8 Å². The van der Waals surface area contributed by atoms with E-state index in [1.54, 1.807) is 43.4 Å². The van der Waals surface area contributed by atoms with E-state index in [0.717, 1.165) is 9.54 Å². The molecule has 0 atom stereocenters. The Bertz CT molecular complexity index is 664. The molecular formula is C18H18BrNO3. The van der Waals surface area contributed by atoms with Crippen LogP contribution in [-0.2, 0) is 0 Å². The highest BCUT2D eigenvalue weighted by Gasteiger charge is 2.08. The number of rotatable bonds is 7. The molecule has 0 aliphatic rings. The summed E-state index contributed by atoms with van der Waals surface area (Å²) >= 11 is 3.35. The molecule has 0 fully saturated rings. The lowest BCUT2D eigenvalue weighted by Crippen LogP contribution is -2.11. The first-order valence-corrected chi connectivity index (χ1v) is 7.93. The highest BCUT2D eigenvalue weighted by Crippen LogP contribution is 2.17. The molecule has 0 amide bonds. The fourth-order valence-electron chi connectivity index (χ4n) is 1.91. The first-order valence-electron chi connectivity index (χ1n) is 7.14. The summed E-state index contributed by atoms with van der Waals surface area (Å²) in [5, 5.41) is 10.0. The third-order valence-electron chi connectivity index (χ3n) is 3.11. The van der Waals surface area contributed by atoms with Gasteiger partial charge in [0.05, 0.1) is 0 Å². The minimum Gasteiger partial charge on any atom is -0.490 e. The fraction of sp³-hybridized carbons (Fsp3) is 0.167. The van der Waals surface area contributed by atoms with Crippen LogP contribution in [0.25, 0.3) is 0 Å². The number of halogens is 1. The minimum atomic E-state index is -0.0186. The number of ether oxygens (including phenoxy) is 1. The van der Waals surface area contributed by atoms with Crippen molar-refractivity contribution < 1.29 is 14.7 Å². The Balaban J connectivity index is 1.92. The lowest BCUT2D eigenvalue weighted by molar-refractivity contribution is -0.0534. The Labute approximate surface area is 144 Å². The molecule has 120 valence electrons. The number of carbonyl (C=O) groups is 1. The van der Waals surface area contributed by atoms with E-state index in [9.17, 15) is 4.79 Å². The van der Waals surface area contributed by atoms with Gasteiger partial charge in [-0.3, -0.25) is 4.79 Å². The number of hydrogen-bond acceptors (Lipinski definition) is 4. The van der Waals surface area contributed by atoms with E-state index in [4.69, 9.17) is 9.94 Å². The van der Waals surface area contributed by atoms with Crippen molar-refractivity contribution >= 4 is 21.7 Å². The van der Waals surface area contributed by atoms with E-state index >= 15 is 0 Å². The van der Waals surface area contributed by atoms with Gasteiger partial charge in [0, 0.05) is 29.2 Å². The third-order valence-corrected chi connectivity index (χ3v) is 3.63. The molecule has 0 aliphatic heterocycles. The Morgan fingerprint density at radius 3 is 2.22 bits per heavy atom. The third kappa shape index (κ3) is 5.63. The van der Waals surface area contributed by atoms with Crippen molar-refractivity contribution in [2.24, 2.45) is 0 Å². The average Bonchev–Trinajstić information content (AvgIpc) is 2.55. The standard InChI is InChI=1S/C18H18BrNO3/c1-20(22)12-2-3-13-23-17-10-6-15(7-11-17)18(21)14-4-8-16(19)9-5-14/h2-11,22H,12-13H2,1H3/b3-2+. The molecule has 0 radical (unpaired) electrons. The van der Waals surface area contributed by atoms with Crippen molar-refractivity contribution in [3.8, 4) is 5.75 Å². The predicted molar refractivity (Wildman–Crippen MR) is 93.1 cm³/mol. The number of hydroxylamine groups is 2. The van der Waals surface area contributed by atoms with Crippen LogP contribution in [0.4, 0.5) is 0 Å². The Hall–Kier alpha value is -1.95. The van der Waals surface area contributed by atoms with Crippen LogP contribution in [-0.4, -0.2) is 36.3 Å². The van der Waals surface area contributed by atoms with Gasteiger partial charge in [-0.25, -0.2) is 0 Å². The van der Waals surface area contributed by atoms with E-state index in [1.165, 1.54) is 0 Å². The highest BCUT2D eigenvalue weighted by molar-refractivity contribution is 9.10. The molecule has 2 rings (SSSR count). The van der Waals surface area contributed by atoms with Crippen LogP contribution in [0.5, 0.6) is 5.75 Å². The van der Waals surface area contributed by atoms with Gasteiger partial charge in [0.1, 0.15) is 12.4 Å². The monoisotopic (exact) mass is 375 g/mol. The summed E-state index contributed by atoms with van der Waals surface area (Å²) in [7, 11) is 1.58. The summed E-state index contributed by atoms with van der Waals surface area (Å²) in [4.78, 5) is 12.3. The summed E-state index contributed by atoms with van der Waals surface area (Å²) in [5.41, 5.74) is 1.27. The van der Waals surface area contributed by atoms with E-state index in [0.29, 0.717) is 30.0 Å². The van der Waals surface area contributed by atoms with Crippen LogP contribution in [0.1, 0.15) is 15.9 Å². The highest BCUT2D eigenvalue weighted by atomic mass is 79.9. The first-order chi connectivity index (χ1) is 11.1. The molecule has 0 bridgehead atoms. The zero-order valence-corrected chi connectivity index (χ0v) is 14.4. The van der Waals surface area contributed by atoms with Crippen molar-refractivity contribution in [1.82, 2.24) is 5.06 Å². The number of carbonyl (C=O) groups excluding carboxylic acids is 1. The summed E-state index contributed by atoms with van der Waals surface area (Å²) in [6.07, 6.45) is 3.64. The maximum Gasteiger partial charge on any atom is 0.193 e. The number of nitrogens with zero attached hydrogens (tertiary/aromatic N) is 1. The van der Waals surface area contributed by atoms with Gasteiger partial charge in [0.2, 0.25) is 0 Å². The van der Waals surface area contributed by atoms with Crippen molar-refractivity contribution in [1.29, 1.82) is 0 Å². The van der Waals surface area contributed by atoms with Crippen molar-refractivity contribution in [3.63, 3.8) is 0 Å². The van der Waals surface area contributed by atoms with Gasteiger partial charge in [-0.15, -0.1) is 0 Å². The lowest BCUT2D eigenvalue weighted by Gasteiger charge is -2.06. The number of likely N-dealkylation sites (N-methyl/N-ethyl adjacent to an activating group) is 1. The van der Waals surface area contributed by atoms with Gasteiger partial charge in [0.15, 0.2) is 5.78 Å². The lowest BCUT2D eigenvalue weighted by atomic mass is 10.0. The summed E-state index contributed by atoms with van der Waals surface area (Å²) in [5.74, 6) is 0.675. The normalized spacial score (nSPS) is 11.1. The molecule has 2 aromatic rings. The second-order valence-electron chi connectivity index (χ2n) is 4.98. The molecule has 0 aliphatic carbocycles. The molecule has 0 saturated carbocycles. The SMILES string of the molecule is CN(O)C/C=C/COc1ccc(C(=O)c2ccc(Br)cc2)cc1. The van der Waals surface area contributed by atoms with E-state index in [1.807, 2.05) is 24.3 Å². The molecule has 0 spiro atoms. The number of ketones is 1. The van der Waals surface area contributed by atoms with E-state index in [-0.39, 0.29) is 5.78 Å². The molecule has 23 heavy (non-hydrogen) atoms. The summed E-state index contributed by atoms with van der Waals surface area (Å²) < 4.78 is 6.48. The summed E-state index contributed by atoms with van der Waals surface area (Å²) in [6, 6.07) is 14.3. The summed E-state index contributed by atoms with van der Waals surface area (Å²) in [6.45, 7) is 0.859. The maximum absolute atomic E-state index is 12.3. The van der Waals surface area contributed by atoms with Crippen molar-refractivity contribution in [2.75, 3.05) is 20.2 Å². The van der Waals surface area contributed by atoms with Gasteiger partial charge in [-0.2, -0.15) is 5.06 Å². The predicted octanol–water partition coefficient (Wildman–Crippen LogP) is 3.94. The largest absolute Gasteiger partial charge is 0.490 e. The van der Waals surface area contributed by atoms with Gasteiger partial charge in [0.25, 0.3) is 0 Å². The molecule has 2 aromatic carbocycles. The number of benzene rings is 2. The molecule has 5 heteroatoms. The molecule has 0 unspecified atom stereocenters. The molecule has 4 nitrogen and oxygen atoms in total. The molecule has 1 N–H and O–H groups in total. The number of hydrogen-bond donors (Lipinski definition) is 1. The molecule has 0 saturated heterocycles. The quantitative estimate of drug-likeness (QED) is 0.452. The van der Waals surface area contributed by atoms with Gasteiger partial charge in [-0.05, 0) is 54.6 Å². The van der Waals surface area contributed by atoms with E-state index in [2.05, 4.69) is 15.9 Å². The Kier molecular flexibility index (Phi) is 6.52. The smallest absolute Gasteiger partial charge is 0.193 e. The molecule has 0 heterocycles. The zero-order chi connectivity index (χ0) is 16.7. The fourth-order valence-corrected chi connectivity index (χ4v) is 2.17. The minimum absolute atomic E-state index is 0.0186. The van der Waals surface area contributed by atoms with Crippen LogP contribution in [0.15, 0.2) is 65.2 Å².